The molecule has 0 bridgehead atoms. The van der Waals surface area contributed by atoms with Gasteiger partial charge in [-0.1, -0.05) is 17.7 Å². The second kappa shape index (κ2) is 5.16. The molecule has 106 valence electrons. The predicted octanol–water partition coefficient (Wildman–Crippen LogP) is 3.72. The molecular formula is C15H10BrClN2O2. The molecule has 1 N–H and O–H groups in total. The summed E-state index contributed by atoms with van der Waals surface area (Å²) in [6.07, 6.45) is 0. The molecule has 0 aliphatic heterocycles. The Morgan fingerprint density at radius 2 is 2.05 bits per heavy atom. The Labute approximate surface area is 133 Å². The zero-order valence-electron chi connectivity index (χ0n) is 11.0. The lowest BCUT2D eigenvalue weighted by molar-refractivity contribution is 0.475. The highest BCUT2D eigenvalue weighted by Gasteiger charge is 2.13. The minimum atomic E-state index is -0.138. The molecule has 1 aromatic heterocycles. The van der Waals surface area contributed by atoms with E-state index in [1.165, 1.54) is 10.6 Å². The third-order valence-electron chi connectivity index (χ3n) is 3.26. The van der Waals surface area contributed by atoms with Crippen LogP contribution in [0.5, 0.6) is 5.75 Å². The standard InChI is InChI=1S/C15H10BrClN2O2/c1-19-14(8-5-6-12(20)11(17)7-8)18-13-9(15(19)21)3-2-4-10(13)16/h2-7,20H,1H3. The first-order valence-corrected chi connectivity index (χ1v) is 7.30. The molecular weight excluding hydrogens is 356 g/mol. The second-order valence-corrected chi connectivity index (χ2v) is 5.86. The average Bonchev–Trinajstić information content (AvgIpc) is 2.46. The van der Waals surface area contributed by atoms with Gasteiger partial charge in [-0.3, -0.25) is 9.36 Å². The van der Waals surface area contributed by atoms with Crippen molar-refractivity contribution in [1.29, 1.82) is 0 Å². The van der Waals surface area contributed by atoms with Crippen LogP contribution in [0.4, 0.5) is 0 Å². The molecule has 3 aromatic rings. The molecule has 0 spiro atoms. The summed E-state index contributed by atoms with van der Waals surface area (Å²) >= 11 is 9.34. The minimum Gasteiger partial charge on any atom is -0.506 e. The van der Waals surface area contributed by atoms with Crippen molar-refractivity contribution in [2.24, 2.45) is 7.05 Å². The van der Waals surface area contributed by atoms with E-state index in [0.29, 0.717) is 22.3 Å². The van der Waals surface area contributed by atoms with Gasteiger partial charge in [-0.15, -0.1) is 0 Å². The summed E-state index contributed by atoms with van der Waals surface area (Å²) in [5.74, 6) is 0.480. The van der Waals surface area contributed by atoms with Crippen LogP contribution in [-0.4, -0.2) is 14.7 Å². The molecule has 6 heteroatoms. The number of hydrogen-bond acceptors (Lipinski definition) is 3. The van der Waals surface area contributed by atoms with Crippen molar-refractivity contribution in [3.05, 3.63) is 56.2 Å². The Kier molecular flexibility index (Phi) is 3.47. The lowest BCUT2D eigenvalue weighted by atomic mass is 10.1. The number of phenolic OH excluding ortho intramolecular Hbond substituents is 1. The average molecular weight is 366 g/mol. The number of aromatic nitrogens is 2. The Hall–Kier alpha value is -1.85. The Balaban J connectivity index is 2.37. The molecule has 4 nitrogen and oxygen atoms in total. The molecule has 0 atom stereocenters. The Morgan fingerprint density at radius 3 is 2.76 bits per heavy atom. The summed E-state index contributed by atoms with van der Waals surface area (Å²) in [4.78, 5) is 17.0. The number of hydrogen-bond donors (Lipinski definition) is 1. The SMILES string of the molecule is Cn1c(-c2ccc(O)c(Cl)c2)nc2c(Br)cccc2c1=O. The highest BCUT2D eigenvalue weighted by atomic mass is 79.9. The molecule has 3 rings (SSSR count). The zero-order chi connectivity index (χ0) is 15.1. The molecule has 2 aromatic carbocycles. The highest BCUT2D eigenvalue weighted by molar-refractivity contribution is 9.10. The van der Waals surface area contributed by atoms with E-state index in [-0.39, 0.29) is 16.3 Å². The number of aromatic hydroxyl groups is 1. The van der Waals surface area contributed by atoms with Gasteiger partial charge in [-0.25, -0.2) is 4.98 Å². The van der Waals surface area contributed by atoms with Crippen LogP contribution in [0.2, 0.25) is 5.02 Å². The van der Waals surface area contributed by atoms with Gasteiger partial charge in [0.2, 0.25) is 0 Å². The zero-order valence-corrected chi connectivity index (χ0v) is 13.3. The van der Waals surface area contributed by atoms with Crippen molar-refractivity contribution in [3.63, 3.8) is 0 Å². The van der Waals surface area contributed by atoms with Crippen molar-refractivity contribution < 1.29 is 5.11 Å². The third-order valence-corrected chi connectivity index (χ3v) is 4.21. The fourth-order valence-corrected chi connectivity index (χ4v) is 2.80. The topological polar surface area (TPSA) is 55.1 Å². The van der Waals surface area contributed by atoms with Gasteiger partial charge in [-0.05, 0) is 46.3 Å². The summed E-state index contributed by atoms with van der Waals surface area (Å²) in [7, 11) is 1.66. The first-order chi connectivity index (χ1) is 9.99. The van der Waals surface area contributed by atoms with Crippen molar-refractivity contribution in [2.45, 2.75) is 0 Å². The molecule has 0 unspecified atom stereocenters. The maximum Gasteiger partial charge on any atom is 0.261 e. The van der Waals surface area contributed by atoms with Gasteiger partial charge < -0.3 is 5.11 Å². The van der Waals surface area contributed by atoms with E-state index in [4.69, 9.17) is 11.6 Å². The maximum absolute atomic E-state index is 12.4. The van der Waals surface area contributed by atoms with Crippen LogP contribution < -0.4 is 5.56 Å². The summed E-state index contributed by atoms with van der Waals surface area (Å²) in [6, 6.07) is 10.1. The molecule has 1 heterocycles. The number of benzene rings is 2. The first-order valence-electron chi connectivity index (χ1n) is 6.13. The van der Waals surface area contributed by atoms with Crippen molar-refractivity contribution in [1.82, 2.24) is 9.55 Å². The summed E-state index contributed by atoms with van der Waals surface area (Å²) in [5.41, 5.74) is 1.12. The van der Waals surface area contributed by atoms with E-state index in [1.807, 2.05) is 6.07 Å². The molecule has 0 aliphatic carbocycles. The van der Waals surface area contributed by atoms with Crippen LogP contribution in [0.25, 0.3) is 22.3 Å². The molecule has 0 saturated carbocycles. The van der Waals surface area contributed by atoms with Crippen LogP contribution in [0.15, 0.2) is 45.7 Å². The molecule has 0 fully saturated rings. The summed E-state index contributed by atoms with van der Waals surface area (Å²) in [6.45, 7) is 0. The van der Waals surface area contributed by atoms with Gasteiger partial charge in [0.15, 0.2) is 0 Å². The first kappa shape index (κ1) is 14.1. The van der Waals surface area contributed by atoms with Gasteiger partial charge in [0.1, 0.15) is 11.6 Å². The number of phenols is 1. The summed E-state index contributed by atoms with van der Waals surface area (Å²) in [5, 5.41) is 10.3. The maximum atomic E-state index is 12.4. The van der Waals surface area contributed by atoms with E-state index in [9.17, 15) is 9.90 Å². The number of rotatable bonds is 1. The number of para-hydroxylation sites is 1. The van der Waals surface area contributed by atoms with E-state index >= 15 is 0 Å². The van der Waals surface area contributed by atoms with Gasteiger partial charge in [0.05, 0.1) is 15.9 Å². The quantitative estimate of drug-likeness (QED) is 0.715. The van der Waals surface area contributed by atoms with E-state index in [1.54, 1.807) is 31.3 Å². The summed E-state index contributed by atoms with van der Waals surface area (Å²) < 4.78 is 2.22. The molecule has 0 aliphatic rings. The van der Waals surface area contributed by atoms with Crippen LogP contribution in [-0.2, 0) is 7.05 Å². The lowest BCUT2D eigenvalue weighted by Gasteiger charge is -2.10. The fraction of sp³-hybridized carbons (Fsp3) is 0.0667. The predicted molar refractivity (Wildman–Crippen MR) is 86.8 cm³/mol. The van der Waals surface area contributed by atoms with Crippen LogP contribution >= 0.6 is 27.5 Å². The van der Waals surface area contributed by atoms with Crippen LogP contribution in [0.1, 0.15) is 0 Å². The molecule has 0 saturated heterocycles. The molecule has 0 radical (unpaired) electrons. The monoisotopic (exact) mass is 364 g/mol. The van der Waals surface area contributed by atoms with Crippen molar-refractivity contribution in [3.8, 4) is 17.1 Å². The normalized spacial score (nSPS) is 11.0. The smallest absolute Gasteiger partial charge is 0.261 e. The van der Waals surface area contributed by atoms with Gasteiger partial charge in [-0.2, -0.15) is 0 Å². The van der Waals surface area contributed by atoms with Crippen molar-refractivity contribution in [2.75, 3.05) is 0 Å². The van der Waals surface area contributed by atoms with E-state index in [2.05, 4.69) is 20.9 Å². The molecule has 21 heavy (non-hydrogen) atoms. The Bertz CT molecular complexity index is 921. The number of halogens is 2. The lowest BCUT2D eigenvalue weighted by Crippen LogP contribution is -2.20. The highest BCUT2D eigenvalue weighted by Crippen LogP contribution is 2.29. The van der Waals surface area contributed by atoms with Gasteiger partial charge >= 0.3 is 0 Å². The van der Waals surface area contributed by atoms with Gasteiger partial charge in [0, 0.05) is 17.1 Å². The number of fused-ring (bicyclic) bond motifs is 1. The second-order valence-electron chi connectivity index (χ2n) is 4.60. The number of nitrogens with zero attached hydrogens (tertiary/aromatic N) is 2. The van der Waals surface area contributed by atoms with Crippen LogP contribution in [0.3, 0.4) is 0 Å². The van der Waals surface area contributed by atoms with Crippen LogP contribution in [0, 0.1) is 0 Å². The van der Waals surface area contributed by atoms with Crippen molar-refractivity contribution >= 4 is 38.4 Å². The Morgan fingerprint density at radius 1 is 1.29 bits per heavy atom. The van der Waals surface area contributed by atoms with E-state index < -0.39 is 0 Å². The van der Waals surface area contributed by atoms with E-state index in [0.717, 1.165) is 4.47 Å². The fourth-order valence-electron chi connectivity index (χ4n) is 2.16. The third kappa shape index (κ3) is 2.32. The molecule has 0 amide bonds. The largest absolute Gasteiger partial charge is 0.506 e. The minimum absolute atomic E-state index is 0.00705. The van der Waals surface area contributed by atoms with Gasteiger partial charge in [0.25, 0.3) is 5.56 Å².